The molecule has 2 heterocycles. The lowest BCUT2D eigenvalue weighted by atomic mass is 10.1. The molecule has 0 atom stereocenters. The molecule has 104 valence electrons. The Morgan fingerprint density at radius 2 is 2.00 bits per heavy atom. The van der Waals surface area contributed by atoms with Gasteiger partial charge in [-0.1, -0.05) is 24.3 Å². The van der Waals surface area contributed by atoms with Gasteiger partial charge >= 0.3 is 0 Å². The predicted octanol–water partition coefficient (Wildman–Crippen LogP) is 3.08. The molecule has 0 aliphatic carbocycles. The average molecular weight is 277 g/mol. The average Bonchev–Trinajstić information content (AvgIpc) is 2.54. The summed E-state index contributed by atoms with van der Waals surface area (Å²) in [4.78, 5) is 21.8. The van der Waals surface area contributed by atoms with E-state index in [4.69, 9.17) is 0 Å². The monoisotopic (exact) mass is 277 g/mol. The normalized spacial score (nSPS) is 10.5. The summed E-state index contributed by atoms with van der Waals surface area (Å²) in [6, 6.07) is 15.5. The van der Waals surface area contributed by atoms with Crippen molar-refractivity contribution in [3.63, 3.8) is 0 Å². The minimum absolute atomic E-state index is 0.446. The second-order valence-electron chi connectivity index (χ2n) is 4.88. The van der Waals surface area contributed by atoms with E-state index in [9.17, 15) is 4.79 Å². The second kappa shape index (κ2) is 5.71. The van der Waals surface area contributed by atoms with E-state index in [0.717, 1.165) is 28.6 Å². The number of rotatable bonds is 4. The highest BCUT2D eigenvalue weighted by atomic mass is 16.1. The van der Waals surface area contributed by atoms with Gasteiger partial charge in [-0.25, -0.2) is 4.98 Å². The Morgan fingerprint density at radius 1 is 1.10 bits per heavy atom. The van der Waals surface area contributed by atoms with Crippen molar-refractivity contribution in [1.29, 1.82) is 0 Å². The van der Waals surface area contributed by atoms with Crippen LogP contribution in [0.15, 0.2) is 54.7 Å². The molecule has 3 rings (SSSR count). The number of carbonyl (C=O) groups is 1. The van der Waals surface area contributed by atoms with Crippen LogP contribution < -0.4 is 4.90 Å². The van der Waals surface area contributed by atoms with Crippen molar-refractivity contribution in [2.75, 3.05) is 11.9 Å². The summed E-state index contributed by atoms with van der Waals surface area (Å²) in [5.74, 6) is 0. The molecule has 1 aromatic carbocycles. The third-order valence-electron chi connectivity index (χ3n) is 3.38. The second-order valence-corrected chi connectivity index (χ2v) is 4.88. The Kier molecular flexibility index (Phi) is 3.60. The Bertz CT molecular complexity index is 771. The fourth-order valence-corrected chi connectivity index (χ4v) is 2.34. The van der Waals surface area contributed by atoms with Gasteiger partial charge in [0.1, 0.15) is 5.69 Å². The maximum Gasteiger partial charge on any atom is 0.168 e. The van der Waals surface area contributed by atoms with Crippen LogP contribution in [0.5, 0.6) is 0 Å². The van der Waals surface area contributed by atoms with Crippen molar-refractivity contribution in [2.24, 2.45) is 0 Å². The summed E-state index contributed by atoms with van der Waals surface area (Å²) in [5, 5.41) is 1.02. The summed E-state index contributed by atoms with van der Waals surface area (Å²) < 4.78 is 0. The highest BCUT2D eigenvalue weighted by Crippen LogP contribution is 2.25. The number of fused-ring (bicyclic) bond motifs is 1. The van der Waals surface area contributed by atoms with Gasteiger partial charge in [-0.15, -0.1) is 0 Å². The van der Waals surface area contributed by atoms with Gasteiger partial charge in [0.05, 0.1) is 23.4 Å². The van der Waals surface area contributed by atoms with E-state index < -0.39 is 0 Å². The highest BCUT2D eigenvalue weighted by Gasteiger charge is 2.09. The van der Waals surface area contributed by atoms with E-state index in [1.807, 2.05) is 49.5 Å². The smallest absolute Gasteiger partial charge is 0.168 e. The van der Waals surface area contributed by atoms with E-state index in [-0.39, 0.29) is 0 Å². The number of carbonyl (C=O) groups excluding carboxylic acids is 1. The zero-order valence-corrected chi connectivity index (χ0v) is 11.7. The largest absolute Gasteiger partial charge is 0.367 e. The van der Waals surface area contributed by atoms with Crippen molar-refractivity contribution < 1.29 is 4.79 Å². The summed E-state index contributed by atoms with van der Waals surface area (Å²) in [6.45, 7) is 0.687. The van der Waals surface area contributed by atoms with Gasteiger partial charge in [0.2, 0.25) is 0 Å². The van der Waals surface area contributed by atoms with Gasteiger partial charge in [0.25, 0.3) is 0 Å². The van der Waals surface area contributed by atoms with E-state index in [1.165, 1.54) is 0 Å². The van der Waals surface area contributed by atoms with Crippen molar-refractivity contribution in [3.05, 3.63) is 66.1 Å². The molecule has 4 heteroatoms. The van der Waals surface area contributed by atoms with Crippen LogP contribution >= 0.6 is 0 Å². The molecule has 3 aromatic rings. The number of aromatic nitrogens is 2. The summed E-state index contributed by atoms with van der Waals surface area (Å²) >= 11 is 0. The summed E-state index contributed by atoms with van der Waals surface area (Å²) in [5.41, 5.74) is 3.26. The van der Waals surface area contributed by atoms with Crippen LogP contribution in [0.2, 0.25) is 0 Å². The molecule has 0 amide bonds. The Morgan fingerprint density at radius 3 is 2.76 bits per heavy atom. The molecule has 2 aromatic heterocycles. The zero-order chi connectivity index (χ0) is 14.7. The molecule has 0 aliphatic heterocycles. The predicted molar refractivity (Wildman–Crippen MR) is 83.5 cm³/mol. The highest BCUT2D eigenvalue weighted by molar-refractivity contribution is 5.92. The van der Waals surface area contributed by atoms with Crippen LogP contribution in [0, 0.1) is 0 Å². The maximum absolute atomic E-state index is 10.9. The molecule has 0 aliphatic rings. The van der Waals surface area contributed by atoms with Crippen LogP contribution in [-0.4, -0.2) is 23.3 Å². The number of hydrogen-bond acceptors (Lipinski definition) is 4. The Balaban J connectivity index is 2.00. The van der Waals surface area contributed by atoms with Gasteiger partial charge < -0.3 is 4.90 Å². The summed E-state index contributed by atoms with van der Waals surface area (Å²) in [7, 11) is 2.00. The van der Waals surface area contributed by atoms with E-state index in [2.05, 4.69) is 14.9 Å². The van der Waals surface area contributed by atoms with Crippen molar-refractivity contribution in [2.45, 2.75) is 6.54 Å². The van der Waals surface area contributed by atoms with Gasteiger partial charge in [-0.05, 0) is 24.3 Å². The lowest BCUT2D eigenvalue weighted by Crippen LogP contribution is -2.17. The number of hydrogen-bond donors (Lipinski definition) is 0. The van der Waals surface area contributed by atoms with Crippen LogP contribution in [-0.2, 0) is 6.54 Å². The first kappa shape index (κ1) is 13.2. The first-order chi connectivity index (χ1) is 10.3. The first-order valence-electron chi connectivity index (χ1n) is 6.74. The van der Waals surface area contributed by atoms with Crippen molar-refractivity contribution in [1.82, 2.24) is 9.97 Å². The van der Waals surface area contributed by atoms with Crippen LogP contribution in [0.25, 0.3) is 10.9 Å². The number of nitrogens with zero attached hydrogens (tertiary/aromatic N) is 3. The molecule has 0 saturated heterocycles. The van der Waals surface area contributed by atoms with Gasteiger partial charge in [-0.2, -0.15) is 0 Å². The fraction of sp³-hybridized carbons (Fsp3) is 0.118. The van der Waals surface area contributed by atoms with Gasteiger partial charge in [0, 0.05) is 18.6 Å². The number of anilines is 1. The summed E-state index contributed by atoms with van der Waals surface area (Å²) in [6.07, 6.45) is 2.56. The molecule has 0 spiro atoms. The molecule has 0 bridgehead atoms. The minimum atomic E-state index is 0.446. The molecule has 0 unspecified atom stereocenters. The molecular weight excluding hydrogens is 262 g/mol. The van der Waals surface area contributed by atoms with Crippen LogP contribution in [0.3, 0.4) is 0 Å². The van der Waals surface area contributed by atoms with E-state index >= 15 is 0 Å². The Hall–Kier alpha value is -2.75. The molecule has 0 N–H and O–H groups in total. The minimum Gasteiger partial charge on any atom is -0.367 e. The van der Waals surface area contributed by atoms with E-state index in [1.54, 1.807) is 12.3 Å². The number of para-hydroxylation sites is 1. The maximum atomic E-state index is 10.9. The number of pyridine rings is 2. The molecule has 4 nitrogen and oxygen atoms in total. The first-order valence-corrected chi connectivity index (χ1v) is 6.74. The Labute approximate surface area is 123 Å². The van der Waals surface area contributed by atoms with Crippen molar-refractivity contribution in [3.8, 4) is 0 Å². The standard InChI is InChI=1S/C17H15N3O/c1-20(11-14-6-2-3-10-18-14)16-7-4-5-13-8-9-15(12-21)19-17(13)16/h2-10,12H,11H2,1H3. The molecule has 0 saturated carbocycles. The molecular formula is C17H15N3O. The van der Waals surface area contributed by atoms with Crippen molar-refractivity contribution >= 4 is 22.9 Å². The SMILES string of the molecule is CN(Cc1ccccn1)c1cccc2ccc(C=O)nc12. The number of benzene rings is 1. The third-order valence-corrected chi connectivity index (χ3v) is 3.38. The fourth-order valence-electron chi connectivity index (χ4n) is 2.34. The lowest BCUT2D eigenvalue weighted by molar-refractivity contribution is 0.111. The van der Waals surface area contributed by atoms with Gasteiger partial charge in [0.15, 0.2) is 6.29 Å². The molecule has 0 fully saturated rings. The topological polar surface area (TPSA) is 46.1 Å². The quantitative estimate of drug-likeness (QED) is 0.687. The molecule has 0 radical (unpaired) electrons. The van der Waals surface area contributed by atoms with Crippen LogP contribution in [0.1, 0.15) is 16.2 Å². The molecule has 21 heavy (non-hydrogen) atoms. The number of aldehydes is 1. The zero-order valence-electron chi connectivity index (χ0n) is 11.7. The van der Waals surface area contributed by atoms with E-state index in [0.29, 0.717) is 12.2 Å². The third kappa shape index (κ3) is 2.74. The van der Waals surface area contributed by atoms with Gasteiger partial charge in [-0.3, -0.25) is 9.78 Å². The lowest BCUT2D eigenvalue weighted by Gasteiger charge is -2.20. The van der Waals surface area contributed by atoms with Crippen LogP contribution in [0.4, 0.5) is 5.69 Å².